The molecule has 146 valence electrons. The van der Waals surface area contributed by atoms with Crippen molar-refractivity contribution < 1.29 is 8.42 Å². The number of benzene rings is 2. The molecule has 0 unspecified atom stereocenters. The van der Waals surface area contributed by atoms with Crippen molar-refractivity contribution in [3.8, 4) is 0 Å². The fraction of sp³-hybridized carbons (Fsp3) is 0.278. The van der Waals surface area contributed by atoms with Gasteiger partial charge in [0.25, 0.3) is 0 Å². The van der Waals surface area contributed by atoms with Crippen molar-refractivity contribution in [2.24, 2.45) is 10.1 Å². The third-order valence-electron chi connectivity index (χ3n) is 3.72. The Bertz CT molecular complexity index is 900. The number of nitrogens with two attached hydrogens (primary N) is 1. The highest BCUT2D eigenvalue weighted by atomic mass is 35.5. The van der Waals surface area contributed by atoms with Crippen molar-refractivity contribution in [1.29, 1.82) is 0 Å². The largest absolute Gasteiger partial charge is 0.357 e. The van der Waals surface area contributed by atoms with Gasteiger partial charge in [0.15, 0.2) is 5.96 Å². The lowest BCUT2D eigenvalue weighted by Crippen LogP contribution is -2.38. The van der Waals surface area contributed by atoms with Gasteiger partial charge in [0.05, 0.1) is 11.4 Å². The monoisotopic (exact) mass is 428 g/mol. The van der Waals surface area contributed by atoms with E-state index in [0.717, 1.165) is 17.7 Å². The lowest BCUT2D eigenvalue weighted by Gasteiger charge is -2.12. The third kappa shape index (κ3) is 7.03. The molecule has 6 nitrogen and oxygen atoms in total. The summed E-state index contributed by atoms with van der Waals surface area (Å²) in [6.45, 7) is 3.77. The molecule has 0 amide bonds. The van der Waals surface area contributed by atoms with Crippen molar-refractivity contribution in [3.63, 3.8) is 0 Å². The number of rotatable bonds is 7. The minimum Gasteiger partial charge on any atom is -0.357 e. The average Bonchev–Trinajstić information content (AvgIpc) is 2.60. The second kappa shape index (κ2) is 9.94. The van der Waals surface area contributed by atoms with Crippen LogP contribution in [0.15, 0.2) is 52.4 Å². The predicted octanol–water partition coefficient (Wildman–Crippen LogP) is 2.94. The second-order valence-corrected chi connectivity index (χ2v) is 8.20. The molecule has 0 heterocycles. The highest BCUT2D eigenvalue weighted by Crippen LogP contribution is 2.21. The van der Waals surface area contributed by atoms with Gasteiger partial charge in [-0.1, -0.05) is 41.4 Å². The van der Waals surface area contributed by atoms with Gasteiger partial charge in [-0.25, -0.2) is 18.5 Å². The van der Waals surface area contributed by atoms with Gasteiger partial charge in [0.1, 0.15) is 0 Å². The Morgan fingerprint density at radius 2 is 1.81 bits per heavy atom. The van der Waals surface area contributed by atoms with Crippen LogP contribution in [-0.2, 0) is 23.0 Å². The molecule has 0 bridgehead atoms. The number of aliphatic imine (C=N–C) groups is 1. The van der Waals surface area contributed by atoms with Crippen LogP contribution in [0.4, 0.5) is 0 Å². The van der Waals surface area contributed by atoms with Crippen LogP contribution in [0.2, 0.25) is 10.0 Å². The van der Waals surface area contributed by atoms with Crippen LogP contribution < -0.4 is 15.8 Å². The topological polar surface area (TPSA) is 96.6 Å². The summed E-state index contributed by atoms with van der Waals surface area (Å²) in [5.41, 5.74) is 1.88. The van der Waals surface area contributed by atoms with Crippen LogP contribution >= 0.6 is 23.2 Å². The van der Waals surface area contributed by atoms with Crippen LogP contribution in [0.3, 0.4) is 0 Å². The highest BCUT2D eigenvalue weighted by Gasteiger charge is 2.07. The molecule has 2 aromatic carbocycles. The van der Waals surface area contributed by atoms with Gasteiger partial charge in [0, 0.05) is 23.1 Å². The molecule has 0 aliphatic rings. The summed E-state index contributed by atoms with van der Waals surface area (Å²) < 4.78 is 22.6. The molecule has 0 aliphatic heterocycles. The molecule has 0 aromatic heterocycles. The predicted molar refractivity (Wildman–Crippen MR) is 111 cm³/mol. The van der Waals surface area contributed by atoms with E-state index in [1.165, 1.54) is 12.1 Å². The number of guanidine groups is 1. The fourth-order valence-electron chi connectivity index (χ4n) is 2.33. The van der Waals surface area contributed by atoms with Crippen molar-refractivity contribution in [2.45, 2.75) is 24.8 Å². The number of hydrogen-bond acceptors (Lipinski definition) is 3. The van der Waals surface area contributed by atoms with Crippen molar-refractivity contribution >= 4 is 39.2 Å². The summed E-state index contributed by atoms with van der Waals surface area (Å²) in [5, 5.41) is 12.7. The number of halogens is 2. The van der Waals surface area contributed by atoms with Crippen molar-refractivity contribution in [1.82, 2.24) is 10.6 Å². The summed E-state index contributed by atoms with van der Waals surface area (Å²) in [6.07, 6.45) is 0.705. The molecular formula is C18H22Cl2N4O2S. The number of primary sulfonamides is 1. The summed E-state index contributed by atoms with van der Waals surface area (Å²) in [6, 6.07) is 11.8. The number of hydrogen-bond donors (Lipinski definition) is 3. The molecule has 2 aromatic rings. The maximum atomic E-state index is 11.3. The Kier molecular flexibility index (Phi) is 7.91. The minimum absolute atomic E-state index is 0.106. The molecule has 2 rings (SSSR count). The fourth-order valence-corrected chi connectivity index (χ4v) is 3.31. The van der Waals surface area contributed by atoms with Gasteiger partial charge in [-0.3, -0.25) is 0 Å². The zero-order valence-corrected chi connectivity index (χ0v) is 17.2. The molecule has 0 saturated heterocycles. The lowest BCUT2D eigenvalue weighted by molar-refractivity contribution is 0.598. The van der Waals surface area contributed by atoms with E-state index in [9.17, 15) is 8.42 Å². The van der Waals surface area contributed by atoms with Crippen molar-refractivity contribution in [2.75, 3.05) is 13.1 Å². The lowest BCUT2D eigenvalue weighted by atomic mass is 10.1. The number of sulfonamides is 1. The molecular weight excluding hydrogens is 407 g/mol. The average molecular weight is 429 g/mol. The van der Waals surface area contributed by atoms with E-state index in [0.29, 0.717) is 35.5 Å². The SMILES string of the molecule is CCNC(=NCc1ccc(Cl)cc1Cl)NCCc1ccc(S(N)(=O)=O)cc1. The molecule has 0 spiro atoms. The van der Waals surface area contributed by atoms with E-state index in [2.05, 4.69) is 15.6 Å². The Labute approximate surface area is 169 Å². The van der Waals surface area contributed by atoms with Gasteiger partial charge in [-0.05, 0) is 48.7 Å². The molecule has 0 atom stereocenters. The van der Waals surface area contributed by atoms with E-state index in [1.807, 2.05) is 13.0 Å². The molecule has 0 aliphatic carbocycles. The molecule has 0 radical (unpaired) electrons. The zero-order valence-electron chi connectivity index (χ0n) is 14.9. The Hall–Kier alpha value is -1.80. The van der Waals surface area contributed by atoms with E-state index in [4.69, 9.17) is 28.3 Å². The highest BCUT2D eigenvalue weighted by molar-refractivity contribution is 7.89. The molecule has 9 heteroatoms. The van der Waals surface area contributed by atoms with E-state index in [1.54, 1.807) is 24.3 Å². The van der Waals surface area contributed by atoms with Gasteiger partial charge < -0.3 is 10.6 Å². The minimum atomic E-state index is -3.66. The summed E-state index contributed by atoms with van der Waals surface area (Å²) in [7, 11) is -3.66. The smallest absolute Gasteiger partial charge is 0.238 e. The number of nitrogens with zero attached hydrogens (tertiary/aromatic N) is 1. The molecule has 27 heavy (non-hydrogen) atoms. The first kappa shape index (κ1) is 21.5. The molecule has 4 N–H and O–H groups in total. The van der Waals surface area contributed by atoms with E-state index in [-0.39, 0.29) is 4.90 Å². The normalized spacial score (nSPS) is 12.1. The van der Waals surface area contributed by atoms with Gasteiger partial charge in [0.2, 0.25) is 10.0 Å². The van der Waals surface area contributed by atoms with Crippen LogP contribution in [0.1, 0.15) is 18.1 Å². The first-order valence-electron chi connectivity index (χ1n) is 8.37. The standard InChI is InChI=1S/C18H22Cl2N4O2S/c1-2-22-18(24-12-14-5-6-15(19)11-17(14)20)23-10-9-13-3-7-16(8-4-13)27(21,25)26/h3-8,11H,2,9-10,12H2,1H3,(H2,21,25,26)(H2,22,23,24). The maximum absolute atomic E-state index is 11.3. The van der Waals surface area contributed by atoms with Gasteiger partial charge >= 0.3 is 0 Å². The third-order valence-corrected chi connectivity index (χ3v) is 5.24. The zero-order chi connectivity index (χ0) is 19.9. The van der Waals surface area contributed by atoms with Crippen LogP contribution in [-0.4, -0.2) is 27.5 Å². The maximum Gasteiger partial charge on any atom is 0.238 e. The number of nitrogens with one attached hydrogen (secondary N) is 2. The first-order chi connectivity index (χ1) is 12.8. The van der Waals surface area contributed by atoms with Crippen LogP contribution in [0.25, 0.3) is 0 Å². The summed E-state index contributed by atoms with van der Waals surface area (Å²) in [4.78, 5) is 4.63. The van der Waals surface area contributed by atoms with E-state index < -0.39 is 10.0 Å². The molecule has 0 saturated carbocycles. The van der Waals surface area contributed by atoms with Crippen LogP contribution in [0.5, 0.6) is 0 Å². The van der Waals surface area contributed by atoms with E-state index >= 15 is 0 Å². The molecule has 0 fully saturated rings. The first-order valence-corrected chi connectivity index (χ1v) is 10.7. The quantitative estimate of drug-likeness (QED) is 0.466. The summed E-state index contributed by atoms with van der Waals surface area (Å²) >= 11 is 12.1. The van der Waals surface area contributed by atoms with Crippen LogP contribution in [0, 0.1) is 0 Å². The van der Waals surface area contributed by atoms with Gasteiger partial charge in [-0.15, -0.1) is 0 Å². The Balaban J connectivity index is 1.93. The van der Waals surface area contributed by atoms with Crippen molar-refractivity contribution in [3.05, 3.63) is 63.6 Å². The van der Waals surface area contributed by atoms with Gasteiger partial charge in [-0.2, -0.15) is 0 Å². The Morgan fingerprint density at radius 3 is 2.41 bits per heavy atom. The second-order valence-electron chi connectivity index (χ2n) is 5.80. The summed E-state index contributed by atoms with van der Waals surface area (Å²) in [5.74, 6) is 0.671. The Morgan fingerprint density at radius 1 is 1.11 bits per heavy atom.